The lowest BCUT2D eigenvalue weighted by Crippen LogP contribution is -2.35. The number of hydrogen-bond donors (Lipinski definition) is 2. The van der Waals surface area contributed by atoms with Crippen molar-refractivity contribution in [3.63, 3.8) is 0 Å². The summed E-state index contributed by atoms with van der Waals surface area (Å²) in [5.74, 6) is -0.832. The number of aromatic nitrogens is 1. The molecule has 0 saturated heterocycles. The summed E-state index contributed by atoms with van der Waals surface area (Å²) in [7, 11) is 0. The second-order valence-corrected chi connectivity index (χ2v) is 6.26. The smallest absolute Gasteiger partial charge is 0.266 e. The summed E-state index contributed by atoms with van der Waals surface area (Å²) in [6, 6.07) is 3.48. The molecule has 118 valence electrons. The van der Waals surface area contributed by atoms with Crippen LogP contribution in [0.1, 0.15) is 44.1 Å². The number of amides is 2. The van der Waals surface area contributed by atoms with Crippen LogP contribution in [0.4, 0.5) is 0 Å². The Labute approximate surface area is 138 Å². The Morgan fingerprint density at radius 1 is 1.14 bits per heavy atom. The van der Waals surface area contributed by atoms with Gasteiger partial charge in [-0.2, -0.15) is 0 Å². The van der Waals surface area contributed by atoms with Crippen LogP contribution < -0.4 is 11.1 Å². The molecule has 1 aliphatic rings. The van der Waals surface area contributed by atoms with Gasteiger partial charge in [-0.1, -0.05) is 25.7 Å². The summed E-state index contributed by atoms with van der Waals surface area (Å²) >= 11 is 3.36. The van der Waals surface area contributed by atoms with E-state index < -0.39 is 5.91 Å². The average molecular weight is 366 g/mol. The first kappa shape index (κ1) is 16.7. The minimum Gasteiger partial charge on any atom is -0.364 e. The number of carbonyl (C=O) groups is 2. The van der Waals surface area contributed by atoms with Crippen LogP contribution in [0.3, 0.4) is 0 Å². The van der Waals surface area contributed by atoms with Gasteiger partial charge in [0.2, 0.25) is 5.91 Å². The predicted molar refractivity (Wildman–Crippen MR) is 88.6 cm³/mol. The number of rotatable bonds is 4. The third kappa shape index (κ3) is 4.40. The summed E-state index contributed by atoms with van der Waals surface area (Å²) < 4.78 is 0.476. The second kappa shape index (κ2) is 8.08. The van der Waals surface area contributed by atoms with E-state index in [1.54, 1.807) is 24.5 Å². The van der Waals surface area contributed by atoms with E-state index in [0.717, 1.165) is 31.2 Å². The Morgan fingerprint density at radius 3 is 2.27 bits per heavy atom. The van der Waals surface area contributed by atoms with Crippen LogP contribution in [0.15, 0.2) is 30.2 Å². The van der Waals surface area contributed by atoms with Crippen LogP contribution in [0.25, 0.3) is 4.48 Å². The van der Waals surface area contributed by atoms with Gasteiger partial charge < -0.3 is 11.1 Å². The number of halogens is 1. The van der Waals surface area contributed by atoms with E-state index in [9.17, 15) is 9.59 Å². The van der Waals surface area contributed by atoms with Gasteiger partial charge in [-0.05, 0) is 46.5 Å². The number of primary amides is 1. The van der Waals surface area contributed by atoms with Crippen LogP contribution in [-0.2, 0) is 9.59 Å². The molecule has 0 bridgehead atoms. The standard InChI is InChI=1S/C16H20BrN3O2/c17-13(11-7-9-19-10-8-11)14(15(18)21)20-16(22)12-5-3-1-2-4-6-12/h7-10,12H,1-6H2,(H2,18,21)(H,20,22)/b14-13+. The van der Waals surface area contributed by atoms with Gasteiger partial charge in [0, 0.05) is 18.3 Å². The quantitative estimate of drug-likeness (QED) is 0.635. The van der Waals surface area contributed by atoms with Crippen LogP contribution in [-0.4, -0.2) is 16.8 Å². The van der Waals surface area contributed by atoms with Gasteiger partial charge in [-0.3, -0.25) is 14.6 Å². The molecule has 0 radical (unpaired) electrons. The lowest BCUT2D eigenvalue weighted by molar-refractivity contribution is -0.126. The molecule has 0 aliphatic heterocycles. The molecule has 2 rings (SSSR count). The van der Waals surface area contributed by atoms with E-state index in [0.29, 0.717) is 4.48 Å². The van der Waals surface area contributed by atoms with Crippen molar-refractivity contribution in [1.82, 2.24) is 10.3 Å². The molecule has 0 unspecified atom stereocenters. The highest BCUT2D eigenvalue weighted by Crippen LogP contribution is 2.26. The van der Waals surface area contributed by atoms with E-state index >= 15 is 0 Å². The molecule has 0 aromatic carbocycles. The van der Waals surface area contributed by atoms with Crippen molar-refractivity contribution in [2.45, 2.75) is 38.5 Å². The third-order valence-electron chi connectivity index (χ3n) is 3.87. The second-order valence-electron chi connectivity index (χ2n) is 5.47. The molecule has 1 aliphatic carbocycles. The molecule has 1 heterocycles. The zero-order chi connectivity index (χ0) is 15.9. The molecule has 2 amide bonds. The molecule has 3 N–H and O–H groups in total. The Hall–Kier alpha value is -1.69. The largest absolute Gasteiger partial charge is 0.364 e. The third-order valence-corrected chi connectivity index (χ3v) is 4.73. The Balaban J connectivity index is 2.18. The minimum absolute atomic E-state index is 0.0467. The number of pyridine rings is 1. The van der Waals surface area contributed by atoms with Gasteiger partial charge in [0.25, 0.3) is 5.91 Å². The number of nitrogens with two attached hydrogens (primary N) is 1. The fourth-order valence-corrected chi connectivity index (χ4v) is 3.19. The highest BCUT2D eigenvalue weighted by atomic mass is 79.9. The Kier molecular flexibility index (Phi) is 6.12. The zero-order valence-electron chi connectivity index (χ0n) is 12.3. The number of hydrogen-bond acceptors (Lipinski definition) is 3. The first-order chi connectivity index (χ1) is 10.6. The van der Waals surface area contributed by atoms with Gasteiger partial charge >= 0.3 is 0 Å². The molecule has 1 aromatic heterocycles. The molecule has 22 heavy (non-hydrogen) atoms. The Morgan fingerprint density at radius 2 is 1.73 bits per heavy atom. The monoisotopic (exact) mass is 365 g/mol. The molecule has 6 heteroatoms. The van der Waals surface area contributed by atoms with Gasteiger partial charge in [0.15, 0.2) is 0 Å². The van der Waals surface area contributed by atoms with Crippen molar-refractivity contribution < 1.29 is 9.59 Å². The van der Waals surface area contributed by atoms with Crippen molar-refractivity contribution in [2.75, 3.05) is 0 Å². The van der Waals surface area contributed by atoms with Crippen LogP contribution >= 0.6 is 15.9 Å². The van der Waals surface area contributed by atoms with Crippen LogP contribution in [0.5, 0.6) is 0 Å². The maximum absolute atomic E-state index is 12.4. The highest BCUT2D eigenvalue weighted by Gasteiger charge is 2.23. The van der Waals surface area contributed by atoms with E-state index in [1.165, 1.54) is 12.8 Å². The molecule has 1 aromatic rings. The first-order valence-electron chi connectivity index (χ1n) is 7.50. The predicted octanol–water partition coefficient (Wildman–Crippen LogP) is 2.72. The molecular formula is C16H20BrN3O2. The molecule has 1 saturated carbocycles. The van der Waals surface area contributed by atoms with E-state index in [4.69, 9.17) is 5.73 Å². The van der Waals surface area contributed by atoms with E-state index in [2.05, 4.69) is 26.2 Å². The maximum atomic E-state index is 12.4. The van der Waals surface area contributed by atoms with Gasteiger partial charge in [-0.25, -0.2) is 0 Å². The maximum Gasteiger partial charge on any atom is 0.266 e. The summed E-state index contributed by atoms with van der Waals surface area (Å²) in [4.78, 5) is 28.0. The minimum atomic E-state index is -0.661. The molecular weight excluding hydrogens is 346 g/mol. The van der Waals surface area contributed by atoms with Gasteiger partial charge in [0.1, 0.15) is 5.70 Å². The van der Waals surface area contributed by atoms with Crippen molar-refractivity contribution in [3.8, 4) is 0 Å². The lowest BCUT2D eigenvalue weighted by atomic mass is 9.99. The number of nitrogens with zero attached hydrogens (tertiary/aromatic N) is 1. The van der Waals surface area contributed by atoms with E-state index in [1.807, 2.05) is 0 Å². The van der Waals surface area contributed by atoms with Crippen LogP contribution in [0.2, 0.25) is 0 Å². The van der Waals surface area contributed by atoms with Crippen molar-refractivity contribution in [2.24, 2.45) is 11.7 Å². The SMILES string of the molecule is NC(=O)/C(NC(=O)C1CCCCCC1)=C(\Br)c1ccncc1. The van der Waals surface area contributed by atoms with Crippen molar-refractivity contribution >= 4 is 32.2 Å². The topological polar surface area (TPSA) is 85.1 Å². The molecule has 5 nitrogen and oxygen atoms in total. The van der Waals surface area contributed by atoms with Crippen molar-refractivity contribution in [3.05, 3.63) is 35.8 Å². The van der Waals surface area contributed by atoms with Crippen LogP contribution in [0, 0.1) is 5.92 Å². The Bertz CT molecular complexity index is 564. The first-order valence-corrected chi connectivity index (χ1v) is 8.29. The average Bonchev–Trinajstić information content (AvgIpc) is 2.81. The lowest BCUT2D eigenvalue weighted by Gasteiger charge is -2.16. The summed E-state index contributed by atoms with van der Waals surface area (Å²) in [5.41, 5.74) is 6.26. The highest BCUT2D eigenvalue weighted by molar-refractivity contribution is 9.15. The summed E-state index contributed by atoms with van der Waals surface area (Å²) in [6.45, 7) is 0. The number of nitrogens with one attached hydrogen (secondary N) is 1. The summed E-state index contributed by atoms with van der Waals surface area (Å²) in [5, 5.41) is 2.71. The molecule has 1 fully saturated rings. The number of carbonyl (C=O) groups excluding carboxylic acids is 2. The van der Waals surface area contributed by atoms with Gasteiger partial charge in [-0.15, -0.1) is 0 Å². The molecule has 0 atom stereocenters. The van der Waals surface area contributed by atoms with Gasteiger partial charge in [0.05, 0.1) is 4.48 Å². The normalized spacial score (nSPS) is 17.3. The fraction of sp³-hybridized carbons (Fsp3) is 0.438. The van der Waals surface area contributed by atoms with E-state index in [-0.39, 0.29) is 17.5 Å². The zero-order valence-corrected chi connectivity index (χ0v) is 13.9. The molecule has 0 spiro atoms. The van der Waals surface area contributed by atoms with Crippen molar-refractivity contribution in [1.29, 1.82) is 0 Å². The summed E-state index contributed by atoms with van der Waals surface area (Å²) in [6.07, 6.45) is 9.41. The fourth-order valence-electron chi connectivity index (χ4n) is 2.63.